The third-order valence-electron chi connectivity index (χ3n) is 3.59. The van der Waals surface area contributed by atoms with E-state index in [1.807, 2.05) is 13.0 Å². The number of hydrogen-bond acceptors (Lipinski definition) is 1. The van der Waals surface area contributed by atoms with E-state index in [4.69, 9.17) is 0 Å². The third kappa shape index (κ3) is 2.28. The van der Waals surface area contributed by atoms with E-state index >= 15 is 0 Å². The summed E-state index contributed by atoms with van der Waals surface area (Å²) in [6.45, 7) is 1.86. The zero-order valence-corrected chi connectivity index (χ0v) is 11.7. The van der Waals surface area contributed by atoms with Gasteiger partial charge in [0.25, 0.3) is 0 Å². The number of benzene rings is 1. The highest BCUT2D eigenvalue weighted by molar-refractivity contribution is 5.90. The Labute approximate surface area is 124 Å². The largest absolute Gasteiger partial charge is 0.417 e. The summed E-state index contributed by atoms with van der Waals surface area (Å²) in [7, 11) is 0. The summed E-state index contributed by atoms with van der Waals surface area (Å²) in [6.07, 6.45) is -2.14. The standard InChI is InChI=1S/C17H12F3NO/c1-11-6-7-12-8-14(16(10-22)21(12)9-11)13-4-2-3-5-15(13)17(18,19)20/h2-10H,1H3. The first-order chi connectivity index (χ1) is 10.4. The molecule has 0 unspecified atom stereocenters. The van der Waals surface area contributed by atoms with Gasteiger partial charge in [0.05, 0.1) is 11.3 Å². The summed E-state index contributed by atoms with van der Waals surface area (Å²) in [4.78, 5) is 11.4. The Morgan fingerprint density at radius 2 is 1.77 bits per heavy atom. The molecule has 0 saturated heterocycles. The summed E-state index contributed by atoms with van der Waals surface area (Å²) in [5, 5.41) is 0. The number of carbonyl (C=O) groups excluding carboxylic acids is 1. The van der Waals surface area contributed by atoms with Crippen LogP contribution in [0.2, 0.25) is 0 Å². The number of aryl methyl sites for hydroxylation is 1. The molecule has 0 aliphatic carbocycles. The highest BCUT2D eigenvalue weighted by Crippen LogP contribution is 2.38. The fourth-order valence-electron chi connectivity index (χ4n) is 2.60. The number of fused-ring (bicyclic) bond motifs is 1. The van der Waals surface area contributed by atoms with Crippen LogP contribution in [0.3, 0.4) is 0 Å². The van der Waals surface area contributed by atoms with Crippen molar-refractivity contribution in [3.05, 3.63) is 65.5 Å². The second-order valence-corrected chi connectivity index (χ2v) is 5.11. The van der Waals surface area contributed by atoms with Crippen molar-refractivity contribution in [2.75, 3.05) is 0 Å². The van der Waals surface area contributed by atoms with Crippen LogP contribution in [0.15, 0.2) is 48.7 Å². The van der Waals surface area contributed by atoms with E-state index in [2.05, 4.69) is 0 Å². The summed E-state index contributed by atoms with van der Waals surface area (Å²) in [5.41, 5.74) is 1.37. The molecule has 112 valence electrons. The lowest BCUT2D eigenvalue weighted by Crippen LogP contribution is -2.07. The molecule has 2 heterocycles. The summed E-state index contributed by atoms with van der Waals surface area (Å²) in [6, 6.07) is 10.5. The molecular formula is C17H12F3NO. The zero-order valence-electron chi connectivity index (χ0n) is 11.7. The predicted molar refractivity (Wildman–Crippen MR) is 78.0 cm³/mol. The first-order valence-corrected chi connectivity index (χ1v) is 6.65. The number of nitrogens with zero attached hydrogens (tertiary/aromatic N) is 1. The fourth-order valence-corrected chi connectivity index (χ4v) is 2.60. The number of hydrogen-bond donors (Lipinski definition) is 0. The average molecular weight is 303 g/mol. The average Bonchev–Trinajstić information content (AvgIpc) is 2.84. The summed E-state index contributed by atoms with van der Waals surface area (Å²) < 4.78 is 41.2. The molecule has 1 aromatic carbocycles. The van der Waals surface area contributed by atoms with Crippen LogP contribution in [0.4, 0.5) is 13.2 Å². The van der Waals surface area contributed by atoms with E-state index < -0.39 is 11.7 Å². The minimum absolute atomic E-state index is 0.0125. The molecular weight excluding hydrogens is 291 g/mol. The maximum Gasteiger partial charge on any atom is 0.417 e. The van der Waals surface area contributed by atoms with Crippen molar-refractivity contribution in [2.24, 2.45) is 0 Å². The van der Waals surface area contributed by atoms with Crippen LogP contribution in [-0.2, 0) is 6.18 Å². The molecule has 5 heteroatoms. The van der Waals surface area contributed by atoms with Crippen LogP contribution >= 0.6 is 0 Å². The van der Waals surface area contributed by atoms with E-state index in [-0.39, 0.29) is 16.8 Å². The van der Waals surface area contributed by atoms with Gasteiger partial charge >= 0.3 is 6.18 Å². The minimum Gasteiger partial charge on any atom is -0.313 e. The third-order valence-corrected chi connectivity index (χ3v) is 3.59. The fraction of sp³-hybridized carbons (Fsp3) is 0.118. The first kappa shape index (κ1) is 14.4. The van der Waals surface area contributed by atoms with Gasteiger partial charge in [0.2, 0.25) is 0 Å². The molecule has 0 amide bonds. The van der Waals surface area contributed by atoms with Gasteiger partial charge in [-0.05, 0) is 36.2 Å². The molecule has 0 N–H and O–H groups in total. The van der Waals surface area contributed by atoms with Gasteiger partial charge in [-0.15, -0.1) is 0 Å². The van der Waals surface area contributed by atoms with Gasteiger partial charge in [-0.2, -0.15) is 13.2 Å². The Hall–Kier alpha value is -2.56. The van der Waals surface area contributed by atoms with Crippen LogP contribution < -0.4 is 0 Å². The first-order valence-electron chi connectivity index (χ1n) is 6.65. The molecule has 0 saturated carbocycles. The molecule has 22 heavy (non-hydrogen) atoms. The van der Waals surface area contributed by atoms with E-state index in [0.29, 0.717) is 11.8 Å². The van der Waals surface area contributed by atoms with Crippen LogP contribution in [-0.4, -0.2) is 10.7 Å². The van der Waals surface area contributed by atoms with Crippen molar-refractivity contribution in [2.45, 2.75) is 13.1 Å². The van der Waals surface area contributed by atoms with Gasteiger partial charge in [0.15, 0.2) is 6.29 Å². The number of halogens is 3. The molecule has 0 radical (unpaired) electrons. The second-order valence-electron chi connectivity index (χ2n) is 5.11. The van der Waals surface area contributed by atoms with E-state index in [1.54, 1.807) is 22.7 Å². The van der Waals surface area contributed by atoms with Gasteiger partial charge in [-0.25, -0.2) is 0 Å². The molecule has 3 rings (SSSR count). The van der Waals surface area contributed by atoms with Crippen molar-refractivity contribution in [1.82, 2.24) is 4.40 Å². The van der Waals surface area contributed by atoms with Crippen molar-refractivity contribution in [3.63, 3.8) is 0 Å². The number of alkyl halides is 3. The quantitative estimate of drug-likeness (QED) is 0.626. The monoisotopic (exact) mass is 303 g/mol. The number of carbonyl (C=O) groups is 1. The number of aromatic nitrogens is 1. The number of aldehydes is 1. The highest BCUT2D eigenvalue weighted by atomic mass is 19.4. The highest BCUT2D eigenvalue weighted by Gasteiger charge is 2.34. The Morgan fingerprint density at radius 3 is 2.45 bits per heavy atom. The lowest BCUT2D eigenvalue weighted by Gasteiger charge is -2.12. The molecule has 3 aromatic rings. The number of rotatable bonds is 2. The van der Waals surface area contributed by atoms with Crippen molar-refractivity contribution in [3.8, 4) is 11.1 Å². The summed E-state index contributed by atoms with van der Waals surface area (Å²) in [5.74, 6) is 0. The van der Waals surface area contributed by atoms with Crippen molar-refractivity contribution >= 4 is 11.8 Å². The lowest BCUT2D eigenvalue weighted by atomic mass is 9.99. The topological polar surface area (TPSA) is 21.5 Å². The normalized spacial score (nSPS) is 11.8. The van der Waals surface area contributed by atoms with Crippen molar-refractivity contribution < 1.29 is 18.0 Å². The van der Waals surface area contributed by atoms with Crippen LogP contribution in [0.25, 0.3) is 16.6 Å². The van der Waals surface area contributed by atoms with Crippen LogP contribution in [0.5, 0.6) is 0 Å². The second kappa shape index (κ2) is 5.02. The smallest absolute Gasteiger partial charge is 0.313 e. The molecule has 0 aliphatic heterocycles. The van der Waals surface area contributed by atoms with E-state index in [9.17, 15) is 18.0 Å². The van der Waals surface area contributed by atoms with Crippen LogP contribution in [0, 0.1) is 6.92 Å². The molecule has 2 aromatic heterocycles. The predicted octanol–water partition coefficient (Wildman–Crippen LogP) is 4.75. The number of pyridine rings is 1. The Kier molecular flexibility index (Phi) is 3.28. The van der Waals surface area contributed by atoms with Crippen molar-refractivity contribution in [1.29, 1.82) is 0 Å². The van der Waals surface area contributed by atoms with Gasteiger partial charge in [0.1, 0.15) is 0 Å². The van der Waals surface area contributed by atoms with Crippen LogP contribution in [0.1, 0.15) is 21.6 Å². The summed E-state index contributed by atoms with van der Waals surface area (Å²) >= 11 is 0. The lowest BCUT2D eigenvalue weighted by molar-refractivity contribution is -0.137. The SMILES string of the molecule is Cc1ccc2cc(-c3ccccc3C(F)(F)F)c(C=O)n2c1. The van der Waals surface area contributed by atoms with Gasteiger partial charge in [-0.3, -0.25) is 4.79 Å². The van der Waals surface area contributed by atoms with E-state index in [0.717, 1.165) is 11.6 Å². The Balaban J connectivity index is 2.34. The maximum atomic E-state index is 13.2. The zero-order chi connectivity index (χ0) is 15.9. The molecule has 0 bridgehead atoms. The van der Waals surface area contributed by atoms with Gasteiger partial charge in [-0.1, -0.05) is 24.3 Å². The maximum absolute atomic E-state index is 13.2. The Bertz CT molecular complexity index is 862. The van der Waals surface area contributed by atoms with E-state index in [1.165, 1.54) is 18.2 Å². The van der Waals surface area contributed by atoms with Gasteiger partial charge < -0.3 is 4.40 Å². The minimum atomic E-state index is -4.47. The molecule has 0 aliphatic rings. The molecule has 0 fully saturated rings. The molecule has 0 atom stereocenters. The van der Waals surface area contributed by atoms with Gasteiger partial charge in [0, 0.05) is 17.3 Å². The molecule has 2 nitrogen and oxygen atoms in total. The molecule has 0 spiro atoms. The Morgan fingerprint density at radius 1 is 1.05 bits per heavy atom.